The summed E-state index contributed by atoms with van der Waals surface area (Å²) >= 11 is 3.35. The molecule has 2 atom stereocenters. The largest absolute Gasteiger partial charge is 0.444 e. The SMILES string of the molecule is CC(C)(C)OC(=O)N1C2CCC1CN(/C(=C/C=N)c1nc(Br)c[nH]1)C2. The molecular formula is C17H24BrN5O2. The molecule has 2 unspecified atom stereocenters. The third kappa shape index (κ3) is 3.89. The van der Waals surface area contributed by atoms with Crippen LogP contribution in [0.15, 0.2) is 16.9 Å². The summed E-state index contributed by atoms with van der Waals surface area (Å²) in [7, 11) is 0. The lowest BCUT2D eigenvalue weighted by molar-refractivity contribution is 0.00191. The minimum absolute atomic E-state index is 0.126. The van der Waals surface area contributed by atoms with Crippen LogP contribution in [0.2, 0.25) is 0 Å². The number of H-pyrrole nitrogens is 1. The van der Waals surface area contributed by atoms with E-state index < -0.39 is 5.60 Å². The Morgan fingerprint density at radius 3 is 2.52 bits per heavy atom. The van der Waals surface area contributed by atoms with Gasteiger partial charge in [0.05, 0.1) is 17.8 Å². The Morgan fingerprint density at radius 1 is 1.40 bits per heavy atom. The highest BCUT2D eigenvalue weighted by atomic mass is 79.9. The van der Waals surface area contributed by atoms with E-state index >= 15 is 0 Å². The number of aromatic nitrogens is 2. The van der Waals surface area contributed by atoms with Gasteiger partial charge in [0.1, 0.15) is 10.2 Å². The highest BCUT2D eigenvalue weighted by molar-refractivity contribution is 9.10. The number of nitrogens with one attached hydrogen (secondary N) is 2. The quantitative estimate of drug-likeness (QED) is 0.750. The van der Waals surface area contributed by atoms with Gasteiger partial charge in [-0.2, -0.15) is 0 Å². The molecule has 2 fully saturated rings. The number of aromatic amines is 1. The predicted molar refractivity (Wildman–Crippen MR) is 99.5 cm³/mol. The number of rotatable bonds is 3. The zero-order valence-electron chi connectivity index (χ0n) is 14.8. The van der Waals surface area contributed by atoms with Crippen molar-refractivity contribution >= 4 is 33.9 Å². The first-order chi connectivity index (χ1) is 11.8. The third-order valence-corrected chi connectivity index (χ3v) is 4.86. The number of imidazole rings is 1. The van der Waals surface area contributed by atoms with Gasteiger partial charge in [-0.25, -0.2) is 9.78 Å². The molecule has 2 bridgehead atoms. The molecule has 1 aromatic heterocycles. The van der Waals surface area contributed by atoms with Crippen LogP contribution >= 0.6 is 15.9 Å². The molecule has 2 aliphatic rings. The van der Waals surface area contributed by atoms with Gasteiger partial charge in [0, 0.05) is 25.5 Å². The third-order valence-electron chi connectivity index (χ3n) is 4.46. The van der Waals surface area contributed by atoms with Gasteiger partial charge in [-0.05, 0) is 55.6 Å². The number of halogens is 1. The predicted octanol–water partition coefficient (Wildman–Crippen LogP) is 3.25. The fourth-order valence-electron chi connectivity index (χ4n) is 3.56. The number of amides is 1. The maximum absolute atomic E-state index is 12.6. The van der Waals surface area contributed by atoms with Crippen molar-refractivity contribution in [2.75, 3.05) is 13.1 Å². The molecule has 1 amide bonds. The summed E-state index contributed by atoms with van der Waals surface area (Å²) in [6, 6.07) is 0.252. The summed E-state index contributed by atoms with van der Waals surface area (Å²) in [5, 5.41) is 7.46. The van der Waals surface area contributed by atoms with Crippen LogP contribution in [0.1, 0.15) is 39.4 Å². The van der Waals surface area contributed by atoms with Crippen LogP contribution in [0.5, 0.6) is 0 Å². The van der Waals surface area contributed by atoms with Crippen molar-refractivity contribution in [3.8, 4) is 0 Å². The Balaban J connectivity index is 1.77. The topological polar surface area (TPSA) is 85.3 Å². The van der Waals surface area contributed by atoms with Gasteiger partial charge in [0.15, 0.2) is 5.82 Å². The van der Waals surface area contributed by atoms with Crippen molar-refractivity contribution in [3.05, 3.63) is 22.7 Å². The molecule has 0 aromatic carbocycles. The van der Waals surface area contributed by atoms with E-state index in [1.165, 1.54) is 6.21 Å². The second kappa shape index (κ2) is 6.82. The molecule has 2 N–H and O–H groups in total. The summed E-state index contributed by atoms with van der Waals surface area (Å²) in [6.45, 7) is 7.11. The Bertz CT molecular complexity index is 679. The van der Waals surface area contributed by atoms with E-state index in [1.807, 2.05) is 25.7 Å². The molecular weight excluding hydrogens is 386 g/mol. The van der Waals surface area contributed by atoms with Crippen LogP contribution in [-0.4, -0.2) is 62.8 Å². The summed E-state index contributed by atoms with van der Waals surface area (Å²) in [5.74, 6) is 0.723. The molecule has 2 aliphatic heterocycles. The number of allylic oxidation sites excluding steroid dienone is 1. The highest BCUT2D eigenvalue weighted by Gasteiger charge is 2.44. The number of carbonyl (C=O) groups excluding carboxylic acids is 1. The number of nitrogens with zero attached hydrogens (tertiary/aromatic N) is 3. The Kier molecular flexibility index (Phi) is 4.90. The Hall–Kier alpha value is -1.83. The van der Waals surface area contributed by atoms with Crippen LogP contribution in [0.25, 0.3) is 5.70 Å². The highest BCUT2D eigenvalue weighted by Crippen LogP contribution is 2.34. The van der Waals surface area contributed by atoms with Gasteiger partial charge >= 0.3 is 6.09 Å². The molecule has 0 saturated carbocycles. The summed E-state index contributed by atoms with van der Waals surface area (Å²) in [4.78, 5) is 24.2. The molecule has 0 radical (unpaired) electrons. The van der Waals surface area contributed by atoms with Gasteiger partial charge in [0.25, 0.3) is 0 Å². The van der Waals surface area contributed by atoms with Gasteiger partial charge in [-0.1, -0.05) is 0 Å². The monoisotopic (exact) mass is 409 g/mol. The average molecular weight is 410 g/mol. The van der Waals surface area contributed by atoms with Gasteiger partial charge in [-0.3, -0.25) is 4.90 Å². The molecule has 2 saturated heterocycles. The number of ether oxygens (including phenoxy) is 1. The maximum atomic E-state index is 12.6. The van der Waals surface area contributed by atoms with E-state index in [4.69, 9.17) is 10.1 Å². The smallest absolute Gasteiger partial charge is 0.410 e. The number of carbonyl (C=O) groups is 1. The maximum Gasteiger partial charge on any atom is 0.410 e. The van der Waals surface area contributed by atoms with E-state index in [1.54, 1.807) is 12.3 Å². The molecule has 136 valence electrons. The zero-order chi connectivity index (χ0) is 18.2. The standard InChI is InChI=1S/C17H24BrN5O2/c1-17(2,3)25-16(24)23-11-4-5-12(23)10-22(9-11)13(6-7-19)15-20-8-14(18)21-15/h6-8,11-12,19H,4-5,9-10H2,1-3H3,(H,20,21)/b13-6+,19-7?. The minimum atomic E-state index is -0.487. The van der Waals surface area contributed by atoms with E-state index in [2.05, 4.69) is 30.8 Å². The van der Waals surface area contributed by atoms with Crippen LogP contribution in [0, 0.1) is 5.41 Å². The average Bonchev–Trinajstić information content (AvgIpc) is 3.04. The number of hydrogen-bond acceptors (Lipinski definition) is 5. The van der Waals surface area contributed by atoms with Crippen LogP contribution in [-0.2, 0) is 4.74 Å². The summed E-state index contributed by atoms with van der Waals surface area (Å²) in [6.07, 6.45) is 6.51. The molecule has 1 aromatic rings. The van der Waals surface area contributed by atoms with Crippen molar-refractivity contribution in [1.82, 2.24) is 19.8 Å². The lowest BCUT2D eigenvalue weighted by atomic mass is 10.1. The molecule has 7 nitrogen and oxygen atoms in total. The van der Waals surface area contributed by atoms with Gasteiger partial charge in [0.2, 0.25) is 0 Å². The van der Waals surface area contributed by atoms with E-state index in [0.29, 0.717) is 13.1 Å². The number of fused-ring (bicyclic) bond motifs is 2. The van der Waals surface area contributed by atoms with E-state index in [0.717, 1.165) is 29.0 Å². The molecule has 0 aliphatic carbocycles. The fraction of sp³-hybridized carbons (Fsp3) is 0.588. The van der Waals surface area contributed by atoms with Gasteiger partial charge < -0.3 is 20.0 Å². The molecule has 0 spiro atoms. The van der Waals surface area contributed by atoms with Crippen LogP contribution in [0.3, 0.4) is 0 Å². The van der Waals surface area contributed by atoms with E-state index in [-0.39, 0.29) is 18.2 Å². The first kappa shape index (κ1) is 18.0. The lowest BCUT2D eigenvalue weighted by Gasteiger charge is -2.42. The van der Waals surface area contributed by atoms with Crippen molar-refractivity contribution in [2.24, 2.45) is 0 Å². The molecule has 8 heteroatoms. The van der Waals surface area contributed by atoms with E-state index in [9.17, 15) is 4.79 Å². The Labute approximate surface area is 156 Å². The molecule has 3 heterocycles. The summed E-state index contributed by atoms with van der Waals surface area (Å²) < 4.78 is 6.31. The second-order valence-corrected chi connectivity index (χ2v) is 8.28. The zero-order valence-corrected chi connectivity index (χ0v) is 16.3. The van der Waals surface area contributed by atoms with Crippen molar-refractivity contribution in [3.63, 3.8) is 0 Å². The first-order valence-corrected chi connectivity index (χ1v) is 9.26. The van der Waals surface area contributed by atoms with Crippen molar-refractivity contribution in [2.45, 2.75) is 51.3 Å². The summed E-state index contributed by atoms with van der Waals surface area (Å²) in [5.41, 5.74) is 0.390. The first-order valence-electron chi connectivity index (χ1n) is 8.47. The number of hydrogen-bond donors (Lipinski definition) is 2. The van der Waals surface area contributed by atoms with Crippen LogP contribution < -0.4 is 0 Å². The van der Waals surface area contributed by atoms with Gasteiger partial charge in [-0.15, -0.1) is 0 Å². The second-order valence-electron chi connectivity index (χ2n) is 7.47. The fourth-order valence-corrected chi connectivity index (χ4v) is 3.85. The molecule has 25 heavy (non-hydrogen) atoms. The van der Waals surface area contributed by atoms with Crippen LogP contribution in [0.4, 0.5) is 4.79 Å². The molecule has 3 rings (SSSR count). The normalized spacial score (nSPS) is 23.8. The lowest BCUT2D eigenvalue weighted by Crippen LogP contribution is -2.56. The number of piperazine rings is 1. The Morgan fingerprint density at radius 2 is 2.04 bits per heavy atom. The van der Waals surface area contributed by atoms with Crippen molar-refractivity contribution < 1.29 is 9.53 Å². The number of likely N-dealkylation sites (tertiary alicyclic amines) is 1. The minimum Gasteiger partial charge on any atom is -0.444 e. The van der Waals surface area contributed by atoms with Crippen molar-refractivity contribution in [1.29, 1.82) is 5.41 Å².